The highest BCUT2D eigenvalue weighted by Crippen LogP contribution is 2.47. The fraction of sp³-hybridized carbons (Fsp3) is 0. The van der Waals surface area contributed by atoms with Gasteiger partial charge >= 0.3 is 0 Å². The summed E-state index contributed by atoms with van der Waals surface area (Å²) >= 11 is 0. The van der Waals surface area contributed by atoms with E-state index in [1.54, 1.807) is 24.3 Å². The lowest BCUT2D eigenvalue weighted by atomic mass is 9.86. The van der Waals surface area contributed by atoms with E-state index < -0.39 is 0 Å². The molecule has 6 aromatic carbocycles. The number of phenols is 2. The highest BCUT2D eigenvalue weighted by atomic mass is 16.3. The quantitative estimate of drug-likeness (QED) is 0.184. The van der Waals surface area contributed by atoms with Crippen LogP contribution in [0.2, 0.25) is 0 Å². The Kier molecular flexibility index (Phi) is 6.89. The minimum atomic E-state index is 0.178. The number of nitrogens with zero attached hydrogens (tertiary/aromatic N) is 1. The standard InChI is InChI=1S/C36H28N2O2/c39-31-20-10-14-27(24-31)35-33(26-12-4-1-5-13-26)22-23-34(36(35)28-15-11-21-32(40)25-28)38(30-18-8-3-9-19-30)37-29-16-6-2-7-17-29/h1-25,37,39-40H. The summed E-state index contributed by atoms with van der Waals surface area (Å²) in [5.74, 6) is 0.365. The van der Waals surface area contributed by atoms with E-state index in [4.69, 9.17) is 0 Å². The number of phenolic OH excluding ortho intramolecular Hbond substituents is 2. The van der Waals surface area contributed by atoms with Crippen molar-refractivity contribution in [2.45, 2.75) is 0 Å². The number of aromatic hydroxyl groups is 2. The molecule has 0 spiro atoms. The number of rotatable bonds is 7. The number of hydrogen-bond donors (Lipinski definition) is 3. The van der Waals surface area contributed by atoms with Crippen molar-refractivity contribution in [2.24, 2.45) is 0 Å². The third-order valence-corrected chi connectivity index (χ3v) is 6.81. The molecule has 6 rings (SSSR count). The zero-order valence-corrected chi connectivity index (χ0v) is 21.8. The van der Waals surface area contributed by atoms with E-state index >= 15 is 0 Å². The van der Waals surface area contributed by atoms with Gasteiger partial charge < -0.3 is 10.2 Å². The summed E-state index contributed by atoms with van der Waals surface area (Å²) in [4.78, 5) is 0. The molecule has 0 atom stereocenters. The van der Waals surface area contributed by atoms with Gasteiger partial charge in [-0.15, -0.1) is 0 Å². The molecule has 0 saturated carbocycles. The van der Waals surface area contributed by atoms with Crippen molar-refractivity contribution in [3.63, 3.8) is 0 Å². The Labute approximate surface area is 234 Å². The maximum Gasteiger partial charge on any atom is 0.116 e. The third-order valence-electron chi connectivity index (χ3n) is 6.81. The first kappa shape index (κ1) is 24.8. The first-order valence-corrected chi connectivity index (χ1v) is 13.2. The molecular weight excluding hydrogens is 492 g/mol. The Bertz CT molecular complexity index is 1740. The van der Waals surface area contributed by atoms with E-state index in [-0.39, 0.29) is 11.5 Å². The van der Waals surface area contributed by atoms with Crippen LogP contribution in [0.15, 0.2) is 152 Å². The lowest BCUT2D eigenvalue weighted by Gasteiger charge is -2.31. The fourth-order valence-corrected chi connectivity index (χ4v) is 5.03. The number of anilines is 3. The summed E-state index contributed by atoms with van der Waals surface area (Å²) in [5.41, 5.74) is 12.0. The molecule has 0 bridgehead atoms. The van der Waals surface area contributed by atoms with Crippen LogP contribution >= 0.6 is 0 Å². The molecule has 0 aliphatic heterocycles. The van der Waals surface area contributed by atoms with Crippen LogP contribution in [-0.4, -0.2) is 10.2 Å². The van der Waals surface area contributed by atoms with Crippen molar-refractivity contribution in [2.75, 3.05) is 10.4 Å². The molecule has 6 aromatic rings. The van der Waals surface area contributed by atoms with E-state index in [0.29, 0.717) is 0 Å². The second-order valence-corrected chi connectivity index (χ2v) is 9.50. The average Bonchev–Trinajstić information content (AvgIpc) is 3.00. The first-order valence-electron chi connectivity index (χ1n) is 13.2. The minimum absolute atomic E-state index is 0.178. The molecule has 0 unspecified atom stereocenters. The highest BCUT2D eigenvalue weighted by Gasteiger charge is 2.23. The largest absolute Gasteiger partial charge is 0.508 e. The Hall–Kier alpha value is -5.48. The summed E-state index contributed by atoms with van der Waals surface area (Å²) in [6, 6.07) is 49.3. The summed E-state index contributed by atoms with van der Waals surface area (Å²) in [5, 5.41) is 23.2. The molecule has 0 fully saturated rings. The van der Waals surface area contributed by atoms with E-state index in [0.717, 1.165) is 50.4 Å². The maximum absolute atomic E-state index is 10.6. The smallest absolute Gasteiger partial charge is 0.116 e. The summed E-state index contributed by atoms with van der Waals surface area (Å²) in [6.07, 6.45) is 0. The average molecular weight is 521 g/mol. The molecule has 0 aliphatic rings. The number of para-hydroxylation sites is 2. The van der Waals surface area contributed by atoms with E-state index in [9.17, 15) is 10.2 Å². The van der Waals surface area contributed by atoms with Crippen molar-refractivity contribution < 1.29 is 10.2 Å². The topological polar surface area (TPSA) is 55.7 Å². The molecule has 4 heteroatoms. The van der Waals surface area contributed by atoms with Gasteiger partial charge in [-0.2, -0.15) is 0 Å². The summed E-state index contributed by atoms with van der Waals surface area (Å²) in [7, 11) is 0. The van der Waals surface area contributed by atoms with Gasteiger partial charge in [-0.3, -0.25) is 10.4 Å². The zero-order chi connectivity index (χ0) is 27.3. The predicted octanol–water partition coefficient (Wildman–Crippen LogP) is 9.26. The van der Waals surface area contributed by atoms with Gasteiger partial charge in [0, 0.05) is 5.56 Å². The molecule has 0 radical (unpaired) electrons. The van der Waals surface area contributed by atoms with Gasteiger partial charge in [0.2, 0.25) is 0 Å². The van der Waals surface area contributed by atoms with Crippen molar-refractivity contribution in [1.82, 2.24) is 0 Å². The number of hydrazine groups is 1. The van der Waals surface area contributed by atoms with Gasteiger partial charge in [-0.05, 0) is 82.4 Å². The fourth-order valence-electron chi connectivity index (χ4n) is 5.03. The molecule has 4 nitrogen and oxygen atoms in total. The second-order valence-electron chi connectivity index (χ2n) is 9.50. The van der Waals surface area contributed by atoms with E-state index in [1.165, 1.54) is 0 Å². The Morgan fingerprint density at radius 3 is 1.57 bits per heavy atom. The predicted molar refractivity (Wildman–Crippen MR) is 165 cm³/mol. The first-order chi connectivity index (χ1) is 19.7. The van der Waals surface area contributed by atoms with Crippen LogP contribution in [0.1, 0.15) is 0 Å². The summed E-state index contributed by atoms with van der Waals surface area (Å²) in [6.45, 7) is 0. The van der Waals surface area contributed by atoms with Crippen molar-refractivity contribution in [1.29, 1.82) is 0 Å². The van der Waals surface area contributed by atoms with Gasteiger partial charge in [-0.1, -0.05) is 97.1 Å². The van der Waals surface area contributed by atoms with Crippen LogP contribution in [0.3, 0.4) is 0 Å². The molecule has 3 N–H and O–H groups in total. The van der Waals surface area contributed by atoms with Crippen LogP contribution in [0.5, 0.6) is 11.5 Å². The monoisotopic (exact) mass is 520 g/mol. The zero-order valence-electron chi connectivity index (χ0n) is 21.8. The Morgan fingerprint density at radius 1 is 0.450 bits per heavy atom. The molecule has 194 valence electrons. The summed E-state index contributed by atoms with van der Waals surface area (Å²) < 4.78 is 0. The van der Waals surface area contributed by atoms with E-state index in [1.807, 2.05) is 91.0 Å². The molecule has 40 heavy (non-hydrogen) atoms. The molecule has 0 aliphatic carbocycles. The maximum atomic E-state index is 10.6. The van der Waals surface area contributed by atoms with Gasteiger partial charge in [-0.25, -0.2) is 0 Å². The van der Waals surface area contributed by atoms with Gasteiger partial charge in [0.25, 0.3) is 0 Å². The van der Waals surface area contributed by atoms with Crippen LogP contribution in [0, 0.1) is 0 Å². The molecule has 0 saturated heterocycles. The lowest BCUT2D eigenvalue weighted by Crippen LogP contribution is -2.25. The van der Waals surface area contributed by atoms with Crippen LogP contribution < -0.4 is 10.4 Å². The normalized spacial score (nSPS) is 10.7. The molecule has 0 amide bonds. The molecule has 0 aromatic heterocycles. The van der Waals surface area contributed by atoms with Crippen molar-refractivity contribution >= 4 is 17.1 Å². The minimum Gasteiger partial charge on any atom is -0.508 e. The number of hydrogen-bond acceptors (Lipinski definition) is 4. The second kappa shape index (κ2) is 11.1. The van der Waals surface area contributed by atoms with Crippen molar-refractivity contribution in [3.8, 4) is 44.9 Å². The SMILES string of the molecule is Oc1cccc(-c2c(-c3ccccc3)ccc(N(Nc3ccccc3)c3ccccc3)c2-c2cccc(O)c2)c1. The highest BCUT2D eigenvalue weighted by molar-refractivity contribution is 6.02. The molecular formula is C36H28N2O2. The third kappa shape index (κ3) is 5.11. The van der Waals surface area contributed by atoms with Crippen LogP contribution in [0.4, 0.5) is 17.1 Å². The van der Waals surface area contributed by atoms with Gasteiger partial charge in [0.15, 0.2) is 0 Å². The Morgan fingerprint density at radius 2 is 0.975 bits per heavy atom. The van der Waals surface area contributed by atoms with Crippen LogP contribution in [0.25, 0.3) is 33.4 Å². The Balaban J connectivity index is 1.70. The number of nitrogens with one attached hydrogen (secondary N) is 1. The number of benzene rings is 6. The van der Waals surface area contributed by atoms with Crippen LogP contribution in [-0.2, 0) is 0 Å². The van der Waals surface area contributed by atoms with Gasteiger partial charge in [0.1, 0.15) is 11.5 Å². The lowest BCUT2D eigenvalue weighted by molar-refractivity contribution is 0.475. The van der Waals surface area contributed by atoms with Crippen molar-refractivity contribution in [3.05, 3.63) is 152 Å². The van der Waals surface area contributed by atoms with E-state index in [2.05, 4.69) is 46.8 Å². The van der Waals surface area contributed by atoms with Gasteiger partial charge in [0.05, 0.1) is 17.1 Å². The molecule has 0 heterocycles.